The van der Waals surface area contributed by atoms with Crippen molar-refractivity contribution in [3.05, 3.63) is 35.4 Å². The zero-order chi connectivity index (χ0) is 40.8. The van der Waals surface area contributed by atoms with E-state index < -0.39 is 159 Å². The maximum Gasteiger partial charge on any atom is 0.416 e. The van der Waals surface area contributed by atoms with Gasteiger partial charge in [-0.05, 0) is 69.2 Å². The van der Waals surface area contributed by atoms with E-state index in [0.29, 0.717) is 0 Å². The molecule has 21 atom stereocenters. The summed E-state index contributed by atoms with van der Waals surface area (Å²) in [5.41, 5.74) is -8.62. The summed E-state index contributed by atoms with van der Waals surface area (Å²) in [7, 11) is 0. The summed E-state index contributed by atoms with van der Waals surface area (Å²) in [5.74, 6) is -12.8. The number of ketones is 1. The summed E-state index contributed by atoms with van der Waals surface area (Å²) in [5, 5.41) is 65.5. The third-order valence-electron chi connectivity index (χ3n) is 16.4. The summed E-state index contributed by atoms with van der Waals surface area (Å²) >= 11 is 0. The molecule has 0 aromatic heterocycles. The lowest BCUT2D eigenvalue weighted by molar-refractivity contribution is -0.279. The smallest absolute Gasteiger partial charge is 0.416 e. The molecule has 5 saturated carbocycles. The molecule has 1 spiro atoms. The molecule has 56 heavy (non-hydrogen) atoms. The van der Waals surface area contributed by atoms with Gasteiger partial charge in [-0.1, -0.05) is 13.8 Å². The molecule has 1 amide bonds. The minimum Gasteiger partial charge on any atom is -0.459 e. The van der Waals surface area contributed by atoms with Gasteiger partial charge < -0.3 is 49.8 Å². The van der Waals surface area contributed by atoms with E-state index in [-0.39, 0.29) is 12.0 Å². The van der Waals surface area contributed by atoms with Crippen molar-refractivity contribution in [3.8, 4) is 0 Å². The number of hydrogen-bond acceptors (Lipinski definition) is 13. The number of nitrogens with one attached hydrogen (secondary N) is 1. The molecule has 5 aliphatic carbocycles. The number of epoxide rings is 2. The van der Waals surface area contributed by atoms with Crippen LogP contribution < -0.4 is 5.32 Å². The molecule has 1 aromatic rings. The Labute approximate surface area is 319 Å². The number of aliphatic hydroxyl groups is 5. The van der Waals surface area contributed by atoms with E-state index in [9.17, 15) is 57.9 Å². The van der Waals surface area contributed by atoms with E-state index in [1.165, 1.54) is 20.8 Å². The summed E-state index contributed by atoms with van der Waals surface area (Å²) in [6.07, 6.45) is -14.7. The lowest BCUT2D eigenvalue weighted by atomic mass is 9.39. The number of ether oxygens (including phenoxy) is 4. The van der Waals surface area contributed by atoms with Crippen molar-refractivity contribution in [1.29, 1.82) is 0 Å². The van der Waals surface area contributed by atoms with Crippen LogP contribution >= 0.6 is 0 Å². The van der Waals surface area contributed by atoms with Crippen LogP contribution in [0.25, 0.3) is 0 Å². The van der Waals surface area contributed by atoms with Crippen LogP contribution in [-0.4, -0.2) is 115 Å². The van der Waals surface area contributed by atoms with Gasteiger partial charge in [0.1, 0.15) is 30.2 Å². The Kier molecular flexibility index (Phi) is 7.73. The number of amides is 1. The van der Waals surface area contributed by atoms with Gasteiger partial charge in [0.05, 0.1) is 46.9 Å². The molecule has 6 N–H and O–H groups in total. The molecule has 0 radical (unpaired) electrons. The molecule has 9 rings (SSSR count). The second kappa shape index (κ2) is 11.3. The molecule has 1 aromatic carbocycles. The van der Waals surface area contributed by atoms with Crippen LogP contribution in [0.4, 0.5) is 13.2 Å². The highest BCUT2D eigenvalue weighted by Gasteiger charge is 2.93. The molecular formula is C39H46F3NO13. The summed E-state index contributed by atoms with van der Waals surface area (Å²) in [6.45, 7) is 8.48. The number of alkyl halides is 3. The van der Waals surface area contributed by atoms with E-state index in [0.717, 1.165) is 31.2 Å². The number of carbonyl (C=O) groups is 4. The van der Waals surface area contributed by atoms with Gasteiger partial charge in [0.25, 0.3) is 5.91 Å². The molecule has 8 fully saturated rings. The molecular weight excluding hydrogens is 747 g/mol. The van der Waals surface area contributed by atoms with Crippen LogP contribution in [0.1, 0.15) is 63.9 Å². The Morgan fingerprint density at radius 1 is 0.929 bits per heavy atom. The zero-order valence-electron chi connectivity index (χ0n) is 31.4. The van der Waals surface area contributed by atoms with E-state index in [1.807, 2.05) is 0 Å². The predicted molar refractivity (Wildman–Crippen MR) is 179 cm³/mol. The number of halogens is 3. The molecule has 8 aliphatic rings. The van der Waals surface area contributed by atoms with Gasteiger partial charge >= 0.3 is 18.1 Å². The van der Waals surface area contributed by atoms with E-state index in [2.05, 4.69) is 5.32 Å². The quantitative estimate of drug-likeness (QED) is 0.183. The lowest BCUT2D eigenvalue weighted by Crippen LogP contribution is -2.77. The van der Waals surface area contributed by atoms with Crippen molar-refractivity contribution < 1.29 is 76.8 Å². The zero-order valence-corrected chi connectivity index (χ0v) is 31.4. The first-order valence-corrected chi connectivity index (χ1v) is 19.1. The van der Waals surface area contributed by atoms with Crippen molar-refractivity contribution in [3.63, 3.8) is 0 Å². The molecule has 14 nitrogen and oxygen atoms in total. The summed E-state index contributed by atoms with van der Waals surface area (Å²) in [6, 6.07) is 2.21. The monoisotopic (exact) mass is 793 g/mol. The third kappa shape index (κ3) is 4.22. The first-order chi connectivity index (χ1) is 25.9. The lowest BCUT2D eigenvalue weighted by Gasteiger charge is -2.67. The topological polar surface area (TPSA) is 225 Å². The molecule has 17 heteroatoms. The molecule has 3 aliphatic heterocycles. The second-order valence-electron chi connectivity index (χ2n) is 18.3. The average Bonchev–Trinajstić information content (AvgIpc) is 4.02. The number of fused-ring (bicyclic) bond motifs is 9. The molecule has 0 unspecified atom stereocenters. The Morgan fingerprint density at radius 3 is 2.16 bits per heavy atom. The standard InChI is InChI=1S/C39H46F3NO13/c1-12-20-23(35(5)36(6,52)33(51)56-38(35)31(12)55-38)26(47)21-19-22(28(53-14(3)45)30(49)37(20,21)13(2)44)34(4)17(11-18-27(54-18)29(34)48)24(25(19)46)43-32(50)15-7-9-16(10-8-15)39(40,41)42/h7-10,12,17-31,46-49,52H,11H2,1-6H3,(H,43,50)/t12-,17+,18-,19-,20-,21+,22+,23-,24-,25+,26+,27-,28-,29-,30-,31+,34-,35-,36+,37+,38-/m0/s1. The van der Waals surface area contributed by atoms with Gasteiger partial charge in [-0.15, -0.1) is 0 Å². The molecule has 3 heterocycles. The predicted octanol–water partition coefficient (Wildman–Crippen LogP) is 0.729. The summed E-state index contributed by atoms with van der Waals surface area (Å²) < 4.78 is 63.8. The Balaban J connectivity index is 1.23. The fourth-order valence-corrected chi connectivity index (χ4v) is 13.9. The third-order valence-corrected chi connectivity index (χ3v) is 16.4. The van der Waals surface area contributed by atoms with Crippen LogP contribution in [-0.2, 0) is 39.5 Å². The first-order valence-electron chi connectivity index (χ1n) is 19.1. The number of aliphatic hydroxyl groups excluding tert-OH is 4. The van der Waals surface area contributed by atoms with Crippen LogP contribution in [0.15, 0.2) is 24.3 Å². The normalized spacial score (nSPS) is 54.4. The largest absolute Gasteiger partial charge is 0.459 e. The van der Waals surface area contributed by atoms with E-state index in [1.54, 1.807) is 13.8 Å². The SMILES string of the molecule is CC(=O)O[C@H]1[C@H]2[C@@H]([C@@H](O)[C@@H](NC(=O)c3ccc(C(F)(F)F)cc3)[C@H]3C[C@@H]4O[C@@H]4[C@H](O)[C@]23C)[C@@H]2[C@@H](O)[C@@H]3[C@H]([C@H](C)[C@H]4O[C@]45OC(=O)[C@@](C)(O)[C@]35C)[C@@]2(C(C)=O)[C@H]1O. The van der Waals surface area contributed by atoms with Gasteiger partial charge in [-0.3, -0.25) is 14.4 Å². The molecule has 3 saturated heterocycles. The van der Waals surface area contributed by atoms with E-state index in [4.69, 9.17) is 18.9 Å². The minimum atomic E-state index is -4.66. The van der Waals surface area contributed by atoms with Gasteiger partial charge in [0.2, 0.25) is 5.79 Å². The Morgan fingerprint density at radius 2 is 1.57 bits per heavy atom. The fraction of sp³-hybridized carbons (Fsp3) is 0.744. The van der Waals surface area contributed by atoms with Gasteiger partial charge in [-0.2, -0.15) is 13.2 Å². The first kappa shape index (κ1) is 38.3. The van der Waals surface area contributed by atoms with Crippen molar-refractivity contribution in [2.24, 2.45) is 57.7 Å². The summed E-state index contributed by atoms with van der Waals surface area (Å²) in [4.78, 5) is 54.9. The van der Waals surface area contributed by atoms with Crippen molar-refractivity contribution >= 4 is 23.6 Å². The van der Waals surface area contributed by atoms with E-state index >= 15 is 0 Å². The van der Waals surface area contributed by atoms with Crippen molar-refractivity contribution in [1.82, 2.24) is 5.32 Å². The Bertz CT molecular complexity index is 1930. The number of rotatable bonds is 4. The van der Waals surface area contributed by atoms with Crippen LogP contribution in [0.2, 0.25) is 0 Å². The maximum atomic E-state index is 14.6. The molecule has 0 bridgehead atoms. The number of hydrogen-bond donors (Lipinski definition) is 6. The number of esters is 2. The average molecular weight is 794 g/mol. The minimum absolute atomic E-state index is 0.160. The number of Topliss-reactive ketones (excluding diaryl/α,β-unsaturated/α-hetero) is 1. The van der Waals surface area contributed by atoms with Gasteiger partial charge in [0, 0.05) is 41.6 Å². The maximum absolute atomic E-state index is 14.6. The van der Waals surface area contributed by atoms with Crippen LogP contribution in [0.5, 0.6) is 0 Å². The van der Waals surface area contributed by atoms with Crippen molar-refractivity contribution in [2.75, 3.05) is 0 Å². The highest BCUT2D eigenvalue weighted by Crippen LogP contribution is 2.80. The van der Waals surface area contributed by atoms with Crippen LogP contribution in [0.3, 0.4) is 0 Å². The highest BCUT2D eigenvalue weighted by molar-refractivity contribution is 5.94. The Hall–Kier alpha value is -3.19. The van der Waals surface area contributed by atoms with Gasteiger partial charge in [0.15, 0.2) is 5.60 Å². The van der Waals surface area contributed by atoms with Crippen molar-refractivity contribution in [2.45, 2.75) is 120 Å². The van der Waals surface area contributed by atoms with Crippen LogP contribution in [0, 0.1) is 57.7 Å². The number of carbonyl (C=O) groups excluding carboxylic acids is 4. The number of benzene rings is 1. The second-order valence-corrected chi connectivity index (χ2v) is 18.3. The fourth-order valence-electron chi connectivity index (χ4n) is 13.9. The van der Waals surface area contributed by atoms with Gasteiger partial charge in [-0.25, -0.2) is 4.79 Å². The molecule has 306 valence electrons. The highest BCUT2D eigenvalue weighted by atomic mass is 19.4.